The van der Waals surface area contributed by atoms with Crippen molar-refractivity contribution in [1.82, 2.24) is 19.5 Å². The summed E-state index contributed by atoms with van der Waals surface area (Å²) in [4.78, 5) is 25.1. The SMILES string of the molecule is CC1(Oc2ncnc3c2nc(-c2ccc(CC(N)=O)cc2Cl)n3Cc2ccccc2)CC1. The zero-order valence-electron chi connectivity index (χ0n) is 17.6. The molecule has 0 bridgehead atoms. The van der Waals surface area contributed by atoms with Gasteiger partial charge in [-0.15, -0.1) is 0 Å². The van der Waals surface area contributed by atoms with Gasteiger partial charge in [0, 0.05) is 5.56 Å². The Balaban J connectivity index is 1.66. The Morgan fingerprint density at radius 2 is 1.94 bits per heavy atom. The van der Waals surface area contributed by atoms with Crippen molar-refractivity contribution in [1.29, 1.82) is 0 Å². The van der Waals surface area contributed by atoms with E-state index in [0.29, 0.717) is 34.4 Å². The van der Waals surface area contributed by atoms with E-state index in [0.717, 1.165) is 29.5 Å². The van der Waals surface area contributed by atoms with Crippen LogP contribution in [0.15, 0.2) is 54.9 Å². The van der Waals surface area contributed by atoms with Gasteiger partial charge in [0.25, 0.3) is 0 Å². The first-order valence-corrected chi connectivity index (χ1v) is 10.8. The number of benzene rings is 2. The number of rotatable bonds is 7. The maximum Gasteiger partial charge on any atom is 0.245 e. The highest BCUT2D eigenvalue weighted by Crippen LogP contribution is 2.41. The molecular formula is C24H22ClN5O2. The van der Waals surface area contributed by atoms with Crippen molar-refractivity contribution in [2.24, 2.45) is 5.73 Å². The molecule has 2 aromatic heterocycles. The third kappa shape index (κ3) is 4.03. The van der Waals surface area contributed by atoms with E-state index >= 15 is 0 Å². The molecule has 1 fully saturated rings. The van der Waals surface area contributed by atoms with Crippen molar-refractivity contribution < 1.29 is 9.53 Å². The van der Waals surface area contributed by atoms with Gasteiger partial charge in [0.05, 0.1) is 18.0 Å². The highest BCUT2D eigenvalue weighted by Gasteiger charge is 2.41. The Morgan fingerprint density at radius 3 is 2.62 bits per heavy atom. The van der Waals surface area contributed by atoms with E-state index in [1.807, 2.05) is 34.9 Å². The average Bonchev–Trinajstić information content (AvgIpc) is 3.37. The molecule has 5 rings (SSSR count). The van der Waals surface area contributed by atoms with Gasteiger partial charge >= 0.3 is 0 Å². The van der Waals surface area contributed by atoms with Crippen molar-refractivity contribution in [2.45, 2.75) is 38.3 Å². The zero-order valence-corrected chi connectivity index (χ0v) is 18.3. The molecule has 2 heterocycles. The van der Waals surface area contributed by atoms with E-state index in [4.69, 9.17) is 27.1 Å². The lowest BCUT2D eigenvalue weighted by Gasteiger charge is -2.12. The third-order valence-corrected chi connectivity index (χ3v) is 5.94. The fourth-order valence-electron chi connectivity index (χ4n) is 3.67. The molecule has 1 aliphatic carbocycles. The number of carbonyl (C=O) groups excluding carboxylic acids is 1. The lowest BCUT2D eigenvalue weighted by atomic mass is 10.1. The van der Waals surface area contributed by atoms with E-state index < -0.39 is 5.91 Å². The van der Waals surface area contributed by atoms with Gasteiger partial charge in [-0.25, -0.2) is 9.97 Å². The lowest BCUT2D eigenvalue weighted by molar-refractivity contribution is -0.117. The van der Waals surface area contributed by atoms with E-state index in [1.54, 1.807) is 6.07 Å². The monoisotopic (exact) mass is 447 g/mol. The van der Waals surface area contributed by atoms with Gasteiger partial charge in [0.15, 0.2) is 11.2 Å². The first-order chi connectivity index (χ1) is 15.4. The summed E-state index contributed by atoms with van der Waals surface area (Å²) < 4.78 is 8.18. The smallest absolute Gasteiger partial charge is 0.245 e. The molecule has 8 heteroatoms. The van der Waals surface area contributed by atoms with Crippen LogP contribution >= 0.6 is 11.6 Å². The van der Waals surface area contributed by atoms with Crippen LogP contribution in [-0.4, -0.2) is 31.0 Å². The van der Waals surface area contributed by atoms with Crippen LogP contribution in [0.1, 0.15) is 30.9 Å². The molecule has 1 saturated carbocycles. The van der Waals surface area contributed by atoms with Gasteiger partial charge in [0.2, 0.25) is 11.8 Å². The van der Waals surface area contributed by atoms with E-state index in [-0.39, 0.29) is 12.0 Å². The number of imidazole rings is 1. The number of hydrogen-bond donors (Lipinski definition) is 1. The van der Waals surface area contributed by atoms with Crippen LogP contribution in [-0.2, 0) is 17.8 Å². The fraction of sp³-hybridized carbons (Fsp3) is 0.250. The topological polar surface area (TPSA) is 95.9 Å². The van der Waals surface area contributed by atoms with Gasteiger partial charge < -0.3 is 15.0 Å². The van der Waals surface area contributed by atoms with Crippen molar-refractivity contribution in [2.75, 3.05) is 0 Å². The maximum atomic E-state index is 11.3. The average molecular weight is 448 g/mol. The van der Waals surface area contributed by atoms with E-state index in [2.05, 4.69) is 29.0 Å². The van der Waals surface area contributed by atoms with E-state index in [9.17, 15) is 4.79 Å². The molecule has 0 saturated heterocycles. The Labute approximate surface area is 190 Å². The predicted molar refractivity (Wildman–Crippen MR) is 122 cm³/mol. The molecule has 0 unspecified atom stereocenters. The second-order valence-electron chi connectivity index (χ2n) is 8.37. The summed E-state index contributed by atoms with van der Waals surface area (Å²) in [6.45, 7) is 2.62. The largest absolute Gasteiger partial charge is 0.470 e. The van der Waals surface area contributed by atoms with Crippen molar-refractivity contribution in [3.8, 4) is 17.3 Å². The minimum atomic E-state index is -0.407. The first kappa shape index (κ1) is 20.5. The number of amides is 1. The molecule has 0 radical (unpaired) electrons. The minimum absolute atomic E-state index is 0.127. The number of nitrogens with two attached hydrogens (primary N) is 1. The summed E-state index contributed by atoms with van der Waals surface area (Å²) >= 11 is 6.63. The number of ether oxygens (including phenoxy) is 1. The number of hydrogen-bond acceptors (Lipinski definition) is 5. The molecule has 1 amide bonds. The molecular weight excluding hydrogens is 426 g/mol. The summed E-state index contributed by atoms with van der Waals surface area (Å²) in [6, 6.07) is 15.5. The third-order valence-electron chi connectivity index (χ3n) is 5.63. The Kier molecular flexibility index (Phi) is 5.06. The normalized spacial score (nSPS) is 14.4. The molecule has 162 valence electrons. The molecule has 1 aliphatic rings. The van der Waals surface area contributed by atoms with Crippen LogP contribution in [0.4, 0.5) is 0 Å². The molecule has 0 atom stereocenters. The highest BCUT2D eigenvalue weighted by molar-refractivity contribution is 6.33. The molecule has 32 heavy (non-hydrogen) atoms. The number of fused-ring (bicyclic) bond motifs is 1. The summed E-state index contributed by atoms with van der Waals surface area (Å²) in [5, 5.41) is 0.484. The Bertz CT molecular complexity index is 1310. The quantitative estimate of drug-likeness (QED) is 0.459. The van der Waals surface area contributed by atoms with Crippen LogP contribution < -0.4 is 10.5 Å². The molecule has 4 aromatic rings. The van der Waals surface area contributed by atoms with Crippen LogP contribution in [0.3, 0.4) is 0 Å². The fourth-order valence-corrected chi connectivity index (χ4v) is 3.96. The van der Waals surface area contributed by atoms with E-state index in [1.165, 1.54) is 6.33 Å². The van der Waals surface area contributed by atoms with Crippen LogP contribution in [0.25, 0.3) is 22.6 Å². The Morgan fingerprint density at radius 1 is 1.16 bits per heavy atom. The first-order valence-electron chi connectivity index (χ1n) is 10.4. The number of halogens is 1. The van der Waals surface area contributed by atoms with Gasteiger partial charge in [0.1, 0.15) is 17.8 Å². The number of aromatic nitrogens is 4. The van der Waals surface area contributed by atoms with Gasteiger partial charge in [-0.1, -0.05) is 48.0 Å². The molecule has 2 N–H and O–H groups in total. The maximum absolute atomic E-state index is 11.3. The van der Waals surface area contributed by atoms with Gasteiger partial charge in [-0.05, 0) is 43.0 Å². The predicted octanol–water partition coefficient (Wildman–Crippen LogP) is 4.15. The summed E-state index contributed by atoms with van der Waals surface area (Å²) in [6.07, 6.45) is 3.61. The number of nitrogens with zero attached hydrogens (tertiary/aromatic N) is 4. The van der Waals surface area contributed by atoms with Crippen molar-refractivity contribution in [3.05, 3.63) is 71.0 Å². The van der Waals surface area contributed by atoms with Crippen LogP contribution in [0, 0.1) is 0 Å². The second-order valence-corrected chi connectivity index (χ2v) is 8.77. The van der Waals surface area contributed by atoms with Crippen LogP contribution in [0.2, 0.25) is 5.02 Å². The Hall–Kier alpha value is -3.45. The number of primary amides is 1. The van der Waals surface area contributed by atoms with Crippen molar-refractivity contribution >= 4 is 28.7 Å². The summed E-state index contributed by atoms with van der Waals surface area (Å²) in [5.74, 6) is 0.728. The molecule has 2 aromatic carbocycles. The zero-order chi connectivity index (χ0) is 22.3. The summed E-state index contributed by atoms with van der Waals surface area (Å²) in [5.41, 5.74) is 9.00. The minimum Gasteiger partial charge on any atom is -0.470 e. The van der Waals surface area contributed by atoms with Crippen LogP contribution in [0.5, 0.6) is 5.88 Å². The second kappa shape index (κ2) is 7.91. The van der Waals surface area contributed by atoms with Gasteiger partial charge in [-0.2, -0.15) is 4.98 Å². The standard InChI is InChI=1S/C24H22ClN5O2/c1-24(9-10-24)32-23-20-22(27-14-28-23)30(13-15-5-3-2-4-6-15)21(29-20)17-8-7-16(11-18(17)25)12-19(26)31/h2-8,11,14H,9-10,12-13H2,1H3,(H2,26,31). The highest BCUT2D eigenvalue weighted by atomic mass is 35.5. The molecule has 7 nitrogen and oxygen atoms in total. The lowest BCUT2D eigenvalue weighted by Crippen LogP contribution is -2.13. The number of carbonyl (C=O) groups is 1. The van der Waals surface area contributed by atoms with Crippen molar-refractivity contribution in [3.63, 3.8) is 0 Å². The molecule has 0 aliphatic heterocycles. The molecule has 0 spiro atoms. The summed E-state index contributed by atoms with van der Waals surface area (Å²) in [7, 11) is 0. The van der Waals surface area contributed by atoms with Gasteiger partial charge in [-0.3, -0.25) is 4.79 Å².